The summed E-state index contributed by atoms with van der Waals surface area (Å²) in [4.78, 5) is 48.2. The van der Waals surface area contributed by atoms with Gasteiger partial charge in [-0.05, 0) is 25.8 Å². The molecule has 1 aromatic carbocycles. The van der Waals surface area contributed by atoms with Crippen molar-refractivity contribution in [2.75, 3.05) is 39.4 Å². The van der Waals surface area contributed by atoms with Crippen LogP contribution in [0.4, 0.5) is 0 Å². The van der Waals surface area contributed by atoms with E-state index in [2.05, 4.69) is 9.88 Å². The summed E-state index contributed by atoms with van der Waals surface area (Å²) < 4.78 is 5.39. The van der Waals surface area contributed by atoms with E-state index >= 15 is 0 Å². The molecule has 31 heavy (non-hydrogen) atoms. The summed E-state index contributed by atoms with van der Waals surface area (Å²) in [5.41, 5.74) is 1.43. The van der Waals surface area contributed by atoms with Gasteiger partial charge in [0.25, 0.3) is 5.91 Å². The molecule has 2 fully saturated rings. The number of morpholine rings is 1. The number of aromatic nitrogens is 1. The van der Waals surface area contributed by atoms with Crippen LogP contribution in [0, 0.1) is 19.8 Å². The SMILES string of the molecule is Cc1nc(C)c(C(=O)C2C(=O)C(=O)N(CCCN3CCOCC3)C2c2ccccc2)s1. The maximum absolute atomic E-state index is 13.4. The Morgan fingerprint density at radius 2 is 1.84 bits per heavy atom. The molecule has 0 saturated carbocycles. The lowest BCUT2D eigenvalue weighted by molar-refractivity contribution is -0.140. The molecule has 0 N–H and O–H groups in total. The highest BCUT2D eigenvalue weighted by Crippen LogP contribution is 2.39. The van der Waals surface area contributed by atoms with E-state index in [1.807, 2.05) is 37.3 Å². The monoisotopic (exact) mass is 441 g/mol. The number of amides is 1. The number of carbonyl (C=O) groups excluding carboxylic acids is 3. The number of hydrogen-bond acceptors (Lipinski definition) is 7. The second-order valence-electron chi connectivity index (χ2n) is 8.02. The van der Waals surface area contributed by atoms with Crippen molar-refractivity contribution in [1.82, 2.24) is 14.8 Å². The molecule has 0 aliphatic carbocycles. The summed E-state index contributed by atoms with van der Waals surface area (Å²) in [7, 11) is 0. The number of thiazole rings is 1. The Morgan fingerprint density at radius 1 is 1.13 bits per heavy atom. The fourth-order valence-electron chi connectivity index (χ4n) is 4.44. The molecule has 2 unspecified atom stereocenters. The Balaban J connectivity index is 1.59. The zero-order chi connectivity index (χ0) is 22.0. The fourth-order valence-corrected chi connectivity index (χ4v) is 5.34. The van der Waals surface area contributed by atoms with Gasteiger partial charge in [-0.15, -0.1) is 11.3 Å². The second kappa shape index (κ2) is 9.38. The van der Waals surface area contributed by atoms with Crippen molar-refractivity contribution in [3.63, 3.8) is 0 Å². The first-order chi connectivity index (χ1) is 15.0. The van der Waals surface area contributed by atoms with Gasteiger partial charge in [-0.25, -0.2) is 4.98 Å². The zero-order valence-electron chi connectivity index (χ0n) is 17.9. The van der Waals surface area contributed by atoms with Crippen molar-refractivity contribution in [2.24, 2.45) is 5.92 Å². The van der Waals surface area contributed by atoms with E-state index in [4.69, 9.17) is 4.74 Å². The number of rotatable bonds is 7. The number of aryl methyl sites for hydroxylation is 2. The van der Waals surface area contributed by atoms with Crippen LogP contribution < -0.4 is 0 Å². The van der Waals surface area contributed by atoms with Crippen molar-refractivity contribution in [1.29, 1.82) is 0 Å². The number of benzene rings is 1. The first-order valence-corrected chi connectivity index (χ1v) is 11.5. The minimum Gasteiger partial charge on any atom is -0.379 e. The van der Waals surface area contributed by atoms with Crippen LogP contribution in [0.5, 0.6) is 0 Å². The predicted octanol–water partition coefficient (Wildman–Crippen LogP) is 2.43. The maximum atomic E-state index is 13.4. The molecule has 2 aromatic rings. The van der Waals surface area contributed by atoms with Gasteiger partial charge in [-0.2, -0.15) is 0 Å². The molecule has 4 rings (SSSR count). The summed E-state index contributed by atoms with van der Waals surface area (Å²) in [6.45, 7) is 8.06. The van der Waals surface area contributed by atoms with Gasteiger partial charge in [-0.1, -0.05) is 30.3 Å². The topological polar surface area (TPSA) is 79.8 Å². The molecule has 3 heterocycles. The number of ether oxygens (including phenoxy) is 1. The Kier molecular flexibility index (Phi) is 6.60. The molecule has 2 aliphatic heterocycles. The van der Waals surface area contributed by atoms with E-state index in [9.17, 15) is 14.4 Å². The quantitative estimate of drug-likeness (QED) is 0.373. The highest BCUT2D eigenvalue weighted by atomic mass is 32.1. The van der Waals surface area contributed by atoms with E-state index < -0.39 is 23.7 Å². The van der Waals surface area contributed by atoms with Crippen LogP contribution in [-0.4, -0.2) is 71.7 Å². The van der Waals surface area contributed by atoms with Gasteiger partial charge in [0.05, 0.1) is 34.8 Å². The lowest BCUT2D eigenvalue weighted by Gasteiger charge is -2.30. The van der Waals surface area contributed by atoms with Crippen LogP contribution in [0.2, 0.25) is 0 Å². The molecule has 2 atom stereocenters. The van der Waals surface area contributed by atoms with Crippen molar-refractivity contribution in [2.45, 2.75) is 26.3 Å². The van der Waals surface area contributed by atoms with Crippen LogP contribution in [0.3, 0.4) is 0 Å². The van der Waals surface area contributed by atoms with E-state index in [-0.39, 0.29) is 5.78 Å². The van der Waals surface area contributed by atoms with Gasteiger partial charge >= 0.3 is 0 Å². The molecule has 0 radical (unpaired) electrons. The summed E-state index contributed by atoms with van der Waals surface area (Å²) in [5.74, 6) is -2.51. The van der Waals surface area contributed by atoms with Crippen LogP contribution >= 0.6 is 11.3 Å². The number of carbonyl (C=O) groups is 3. The smallest absolute Gasteiger partial charge is 0.291 e. The Labute approximate surface area is 186 Å². The molecule has 2 saturated heterocycles. The van der Waals surface area contributed by atoms with E-state index in [1.54, 1.807) is 11.8 Å². The van der Waals surface area contributed by atoms with Gasteiger partial charge in [0, 0.05) is 26.2 Å². The summed E-state index contributed by atoms with van der Waals surface area (Å²) in [6, 6.07) is 8.82. The number of ketones is 2. The Bertz CT molecular complexity index is 968. The lowest BCUT2D eigenvalue weighted by Crippen LogP contribution is -2.39. The average Bonchev–Trinajstić information content (AvgIpc) is 3.25. The molecule has 164 valence electrons. The molecular weight excluding hydrogens is 414 g/mol. The highest BCUT2D eigenvalue weighted by molar-refractivity contribution is 7.13. The molecule has 8 heteroatoms. The third-order valence-corrected chi connectivity index (χ3v) is 7.02. The molecule has 1 amide bonds. The van der Waals surface area contributed by atoms with Crippen LogP contribution in [0.25, 0.3) is 0 Å². The largest absolute Gasteiger partial charge is 0.379 e. The van der Waals surface area contributed by atoms with E-state index in [1.165, 1.54) is 11.3 Å². The van der Waals surface area contributed by atoms with Crippen LogP contribution in [0.15, 0.2) is 30.3 Å². The van der Waals surface area contributed by atoms with E-state index in [0.717, 1.165) is 49.8 Å². The fraction of sp³-hybridized carbons (Fsp3) is 0.478. The van der Waals surface area contributed by atoms with Crippen molar-refractivity contribution < 1.29 is 19.1 Å². The van der Waals surface area contributed by atoms with Gasteiger partial charge < -0.3 is 9.64 Å². The van der Waals surface area contributed by atoms with Crippen LogP contribution in [0.1, 0.15) is 38.4 Å². The summed E-state index contributed by atoms with van der Waals surface area (Å²) in [6.07, 6.45) is 0.738. The van der Waals surface area contributed by atoms with Gasteiger partial charge in [0.2, 0.25) is 5.78 Å². The average molecular weight is 442 g/mol. The number of likely N-dealkylation sites (tertiary alicyclic amines) is 1. The standard InChI is InChI=1S/C23H27N3O4S/c1-15-22(31-16(2)24-15)20(27)18-19(17-7-4-3-5-8-17)26(23(29)21(18)28)10-6-9-25-11-13-30-14-12-25/h3-5,7-8,18-19H,6,9-14H2,1-2H3. The summed E-state index contributed by atoms with van der Waals surface area (Å²) in [5, 5.41) is 0.774. The third-order valence-electron chi connectivity index (χ3n) is 5.93. The minimum atomic E-state index is -1.03. The number of hydrogen-bond donors (Lipinski definition) is 0. The lowest BCUT2D eigenvalue weighted by atomic mass is 9.88. The normalized spacial score (nSPS) is 22.3. The molecular formula is C23H27N3O4S. The second-order valence-corrected chi connectivity index (χ2v) is 9.22. The summed E-state index contributed by atoms with van der Waals surface area (Å²) >= 11 is 1.29. The molecule has 7 nitrogen and oxygen atoms in total. The van der Waals surface area contributed by atoms with Crippen molar-refractivity contribution in [3.8, 4) is 0 Å². The molecule has 0 bridgehead atoms. The van der Waals surface area contributed by atoms with Crippen molar-refractivity contribution >= 4 is 28.8 Å². The molecule has 1 aromatic heterocycles. The number of nitrogens with zero attached hydrogens (tertiary/aromatic N) is 3. The first kappa shape index (κ1) is 21.8. The van der Waals surface area contributed by atoms with Crippen LogP contribution in [-0.2, 0) is 14.3 Å². The predicted molar refractivity (Wildman–Crippen MR) is 117 cm³/mol. The Hall–Kier alpha value is -2.42. The minimum absolute atomic E-state index is 0.300. The first-order valence-electron chi connectivity index (χ1n) is 10.7. The van der Waals surface area contributed by atoms with Gasteiger partial charge in [-0.3, -0.25) is 19.3 Å². The van der Waals surface area contributed by atoms with Crippen molar-refractivity contribution in [3.05, 3.63) is 51.5 Å². The Morgan fingerprint density at radius 3 is 2.48 bits per heavy atom. The molecule has 0 spiro atoms. The van der Waals surface area contributed by atoms with Gasteiger partial charge in [0.1, 0.15) is 5.92 Å². The highest BCUT2D eigenvalue weighted by Gasteiger charge is 2.51. The third kappa shape index (κ3) is 4.46. The van der Waals surface area contributed by atoms with E-state index in [0.29, 0.717) is 17.1 Å². The zero-order valence-corrected chi connectivity index (χ0v) is 18.7. The van der Waals surface area contributed by atoms with Gasteiger partial charge in [0.15, 0.2) is 5.78 Å². The molecule has 2 aliphatic rings. The maximum Gasteiger partial charge on any atom is 0.291 e. The number of Topliss-reactive ketones (excluding diaryl/α,β-unsaturated/α-hetero) is 2.